The van der Waals surface area contributed by atoms with E-state index in [0.29, 0.717) is 13.1 Å². The van der Waals surface area contributed by atoms with E-state index in [1.54, 1.807) is 0 Å². The molecule has 0 aliphatic carbocycles. The molecule has 1 amide bonds. The molecule has 2 rings (SSSR count). The van der Waals surface area contributed by atoms with Gasteiger partial charge in [-0.1, -0.05) is 45.0 Å². The van der Waals surface area contributed by atoms with Crippen molar-refractivity contribution in [3.05, 3.63) is 46.8 Å². The maximum Gasteiger partial charge on any atom is 0.226 e. The molecule has 30 heavy (non-hydrogen) atoms. The van der Waals surface area contributed by atoms with Gasteiger partial charge in [-0.05, 0) is 31.0 Å². The first-order valence-electron chi connectivity index (χ1n) is 10.4. The minimum absolute atomic E-state index is 0. The molecule has 1 aromatic heterocycles. The van der Waals surface area contributed by atoms with Crippen molar-refractivity contribution in [3.63, 3.8) is 0 Å². The Morgan fingerprint density at radius 1 is 1.10 bits per heavy atom. The van der Waals surface area contributed by atoms with Crippen LogP contribution >= 0.6 is 24.0 Å². The number of aryl methyl sites for hydroxylation is 2. The van der Waals surface area contributed by atoms with Crippen molar-refractivity contribution in [1.29, 1.82) is 0 Å². The van der Waals surface area contributed by atoms with Crippen molar-refractivity contribution in [2.75, 3.05) is 11.9 Å². The molecule has 0 bridgehead atoms. The van der Waals surface area contributed by atoms with Crippen molar-refractivity contribution in [3.8, 4) is 0 Å². The fraction of sp³-hybridized carbons (Fsp3) is 0.500. The smallest absolute Gasteiger partial charge is 0.226 e. The second-order valence-corrected chi connectivity index (χ2v) is 7.13. The third kappa shape index (κ3) is 7.62. The number of nitrogens with zero attached hydrogens (tertiary/aromatic N) is 2. The third-order valence-corrected chi connectivity index (χ3v) is 4.55. The van der Waals surface area contributed by atoms with Gasteiger partial charge in [-0.3, -0.25) is 4.79 Å². The van der Waals surface area contributed by atoms with Gasteiger partial charge in [0.25, 0.3) is 0 Å². The number of halogens is 1. The molecule has 0 unspecified atom stereocenters. The van der Waals surface area contributed by atoms with E-state index < -0.39 is 0 Å². The van der Waals surface area contributed by atoms with Crippen LogP contribution in [-0.4, -0.2) is 23.6 Å². The third-order valence-electron chi connectivity index (χ3n) is 4.55. The first kappa shape index (κ1) is 25.9. The Bertz CT molecular complexity index is 794. The van der Waals surface area contributed by atoms with Gasteiger partial charge in [-0.15, -0.1) is 24.0 Å². The van der Waals surface area contributed by atoms with Crippen LogP contribution in [0.1, 0.15) is 57.2 Å². The van der Waals surface area contributed by atoms with Crippen molar-refractivity contribution < 1.29 is 9.32 Å². The molecule has 0 aliphatic heterocycles. The fourth-order valence-electron chi connectivity index (χ4n) is 2.80. The summed E-state index contributed by atoms with van der Waals surface area (Å²) in [4.78, 5) is 16.5. The highest BCUT2D eigenvalue weighted by Crippen LogP contribution is 2.15. The van der Waals surface area contributed by atoms with Crippen molar-refractivity contribution in [2.24, 2.45) is 10.9 Å². The molecular weight excluding hydrogens is 493 g/mol. The molecular formula is C22H34IN5O2. The number of hydrogen-bond acceptors (Lipinski definition) is 4. The monoisotopic (exact) mass is 527 g/mol. The summed E-state index contributed by atoms with van der Waals surface area (Å²) in [5.74, 6) is 1.64. The maximum absolute atomic E-state index is 11.8. The van der Waals surface area contributed by atoms with Crippen LogP contribution in [0.5, 0.6) is 0 Å². The summed E-state index contributed by atoms with van der Waals surface area (Å²) in [6, 6.07) is 7.77. The Morgan fingerprint density at radius 3 is 2.37 bits per heavy atom. The number of amides is 1. The Hall–Kier alpha value is -2.10. The Morgan fingerprint density at radius 2 is 1.80 bits per heavy atom. The van der Waals surface area contributed by atoms with Crippen molar-refractivity contribution in [1.82, 2.24) is 15.8 Å². The van der Waals surface area contributed by atoms with E-state index in [1.165, 1.54) is 0 Å². The minimum Gasteiger partial charge on any atom is -0.361 e. The number of aliphatic imine (C=N–C) groups is 1. The molecule has 166 valence electrons. The number of aromatic nitrogens is 1. The van der Waals surface area contributed by atoms with Crippen LogP contribution in [0.2, 0.25) is 0 Å². The van der Waals surface area contributed by atoms with E-state index in [-0.39, 0.29) is 35.8 Å². The largest absolute Gasteiger partial charge is 0.361 e. The Labute approximate surface area is 196 Å². The maximum atomic E-state index is 11.8. The molecule has 0 saturated heterocycles. The van der Waals surface area contributed by atoms with Gasteiger partial charge in [0, 0.05) is 36.7 Å². The van der Waals surface area contributed by atoms with Gasteiger partial charge in [0.05, 0.1) is 12.2 Å². The van der Waals surface area contributed by atoms with Crippen molar-refractivity contribution >= 4 is 41.5 Å². The number of nitrogens with one attached hydrogen (secondary N) is 3. The van der Waals surface area contributed by atoms with Crippen LogP contribution < -0.4 is 16.0 Å². The van der Waals surface area contributed by atoms with Gasteiger partial charge in [-0.25, -0.2) is 4.99 Å². The molecule has 8 heteroatoms. The van der Waals surface area contributed by atoms with Gasteiger partial charge in [0.1, 0.15) is 5.76 Å². The molecule has 0 saturated carbocycles. The summed E-state index contributed by atoms with van der Waals surface area (Å²) in [6.45, 7) is 11.9. The lowest BCUT2D eigenvalue weighted by Gasteiger charge is -2.12. The van der Waals surface area contributed by atoms with Crippen LogP contribution in [-0.2, 0) is 30.7 Å². The lowest BCUT2D eigenvalue weighted by atomic mass is 10.1. The number of rotatable bonds is 9. The standard InChI is InChI=1S/C22H33N5O2.HI/c1-6-19-18(20(7-2)29-27-19)14-25-22(23-8-3)24-13-16-9-11-17(12-10-16)26-21(28)15(4)5;/h9-12,15H,6-8,13-14H2,1-5H3,(H,26,28)(H2,23,24,25);1H. The molecule has 0 atom stereocenters. The minimum atomic E-state index is -0.0418. The molecule has 1 heterocycles. The van der Waals surface area contributed by atoms with Crippen LogP contribution in [0.25, 0.3) is 0 Å². The average molecular weight is 527 g/mol. The predicted molar refractivity (Wildman–Crippen MR) is 132 cm³/mol. The van der Waals surface area contributed by atoms with Gasteiger partial charge in [-0.2, -0.15) is 0 Å². The molecule has 0 fully saturated rings. The highest BCUT2D eigenvalue weighted by atomic mass is 127. The topological polar surface area (TPSA) is 91.5 Å². The molecule has 7 nitrogen and oxygen atoms in total. The zero-order chi connectivity index (χ0) is 21.2. The normalized spacial score (nSPS) is 11.2. The highest BCUT2D eigenvalue weighted by Gasteiger charge is 2.13. The van der Waals surface area contributed by atoms with E-state index in [2.05, 4.69) is 39.9 Å². The average Bonchev–Trinajstić information content (AvgIpc) is 3.13. The van der Waals surface area contributed by atoms with Crippen LogP contribution in [0.4, 0.5) is 5.69 Å². The fourth-order valence-corrected chi connectivity index (χ4v) is 2.80. The predicted octanol–water partition coefficient (Wildman–Crippen LogP) is 4.27. The molecule has 2 aromatic rings. The van der Waals surface area contributed by atoms with Crippen LogP contribution in [0.15, 0.2) is 33.8 Å². The molecule has 1 aromatic carbocycles. The number of benzene rings is 1. The summed E-state index contributed by atoms with van der Waals surface area (Å²) in [5, 5.41) is 13.7. The van der Waals surface area contributed by atoms with Gasteiger partial charge >= 0.3 is 0 Å². The van der Waals surface area contributed by atoms with Gasteiger partial charge < -0.3 is 20.5 Å². The highest BCUT2D eigenvalue weighted by molar-refractivity contribution is 14.0. The number of anilines is 1. The number of guanidine groups is 1. The lowest BCUT2D eigenvalue weighted by Crippen LogP contribution is -2.37. The van der Waals surface area contributed by atoms with Gasteiger partial charge in [0.15, 0.2) is 5.96 Å². The summed E-state index contributed by atoms with van der Waals surface area (Å²) in [7, 11) is 0. The SMILES string of the molecule is CCNC(=NCc1ccc(NC(=O)C(C)C)cc1)NCc1c(CC)noc1CC.I. The second kappa shape index (κ2) is 13.3. The van der Waals surface area contributed by atoms with Gasteiger partial charge in [0.2, 0.25) is 5.91 Å². The van der Waals surface area contributed by atoms with E-state index in [4.69, 9.17) is 4.52 Å². The summed E-state index contributed by atoms with van der Waals surface area (Å²) >= 11 is 0. The molecule has 3 N–H and O–H groups in total. The first-order chi connectivity index (χ1) is 14.0. The molecule has 0 radical (unpaired) electrons. The van der Waals surface area contributed by atoms with E-state index in [0.717, 1.165) is 53.6 Å². The summed E-state index contributed by atoms with van der Waals surface area (Å²) in [6.07, 6.45) is 1.66. The zero-order valence-electron chi connectivity index (χ0n) is 18.5. The number of carbonyl (C=O) groups excluding carboxylic acids is 1. The molecule has 0 aliphatic rings. The second-order valence-electron chi connectivity index (χ2n) is 7.13. The zero-order valence-corrected chi connectivity index (χ0v) is 20.9. The summed E-state index contributed by atoms with van der Waals surface area (Å²) in [5.41, 5.74) is 3.97. The Kier molecular flexibility index (Phi) is 11.5. The number of carbonyl (C=O) groups is 1. The molecule has 0 spiro atoms. The van der Waals surface area contributed by atoms with E-state index >= 15 is 0 Å². The van der Waals surface area contributed by atoms with Crippen LogP contribution in [0, 0.1) is 5.92 Å². The first-order valence-corrected chi connectivity index (χ1v) is 10.4. The quantitative estimate of drug-likeness (QED) is 0.258. The van der Waals surface area contributed by atoms with E-state index in [9.17, 15) is 4.79 Å². The lowest BCUT2D eigenvalue weighted by molar-refractivity contribution is -0.118. The number of hydrogen-bond donors (Lipinski definition) is 3. The van der Waals surface area contributed by atoms with Crippen molar-refractivity contribution in [2.45, 2.75) is 60.5 Å². The van der Waals surface area contributed by atoms with Crippen LogP contribution in [0.3, 0.4) is 0 Å². The van der Waals surface area contributed by atoms with E-state index in [1.807, 2.05) is 45.0 Å². The summed E-state index contributed by atoms with van der Waals surface area (Å²) < 4.78 is 5.43. The Balaban J connectivity index is 0.00000450.